The molecule has 0 saturated heterocycles. The van der Waals surface area contributed by atoms with Crippen molar-refractivity contribution in [2.75, 3.05) is 11.4 Å². The molecule has 1 fully saturated rings. The van der Waals surface area contributed by atoms with Gasteiger partial charge in [0.2, 0.25) is 0 Å². The van der Waals surface area contributed by atoms with E-state index in [-0.39, 0.29) is 6.61 Å². The third-order valence-electron chi connectivity index (χ3n) is 3.44. The standard InChI is InChI=1S/C15H22ClNO/c1-11(2)7-8-17(13-4-5-13)15-6-3-12(10-18)9-14(15)16/h3,6,9,11,13,18H,4-5,7-8,10H2,1-2H3. The Morgan fingerprint density at radius 3 is 2.61 bits per heavy atom. The van der Waals surface area contributed by atoms with Crippen molar-refractivity contribution in [3.63, 3.8) is 0 Å². The molecule has 0 amide bonds. The van der Waals surface area contributed by atoms with Crippen LogP contribution in [0, 0.1) is 5.92 Å². The van der Waals surface area contributed by atoms with Crippen LogP contribution in [0.5, 0.6) is 0 Å². The Labute approximate surface area is 115 Å². The normalized spacial score (nSPS) is 15.2. The fourth-order valence-electron chi connectivity index (χ4n) is 2.16. The molecule has 3 heteroatoms. The van der Waals surface area contributed by atoms with Crippen LogP contribution in [0.3, 0.4) is 0 Å². The summed E-state index contributed by atoms with van der Waals surface area (Å²) in [5.41, 5.74) is 2.00. The fourth-order valence-corrected chi connectivity index (χ4v) is 2.48. The van der Waals surface area contributed by atoms with Crippen LogP contribution in [0.25, 0.3) is 0 Å². The van der Waals surface area contributed by atoms with Gasteiger partial charge in [-0.1, -0.05) is 31.5 Å². The molecule has 100 valence electrons. The van der Waals surface area contributed by atoms with E-state index in [2.05, 4.69) is 18.7 Å². The topological polar surface area (TPSA) is 23.5 Å². The summed E-state index contributed by atoms with van der Waals surface area (Å²) in [6.45, 7) is 5.62. The van der Waals surface area contributed by atoms with E-state index in [0.29, 0.717) is 12.0 Å². The van der Waals surface area contributed by atoms with E-state index in [0.717, 1.165) is 22.8 Å². The number of rotatable bonds is 6. The number of hydrogen-bond acceptors (Lipinski definition) is 2. The van der Waals surface area contributed by atoms with E-state index >= 15 is 0 Å². The molecule has 0 atom stereocenters. The Morgan fingerprint density at radius 1 is 1.39 bits per heavy atom. The summed E-state index contributed by atoms with van der Waals surface area (Å²) in [6, 6.07) is 6.56. The van der Waals surface area contributed by atoms with Gasteiger partial charge in [-0.15, -0.1) is 0 Å². The van der Waals surface area contributed by atoms with E-state index in [1.165, 1.54) is 19.3 Å². The van der Waals surface area contributed by atoms with Crippen molar-refractivity contribution >= 4 is 17.3 Å². The van der Waals surface area contributed by atoms with E-state index in [4.69, 9.17) is 16.7 Å². The van der Waals surface area contributed by atoms with Gasteiger partial charge in [0.25, 0.3) is 0 Å². The van der Waals surface area contributed by atoms with E-state index < -0.39 is 0 Å². The van der Waals surface area contributed by atoms with Gasteiger partial charge in [0.1, 0.15) is 0 Å². The van der Waals surface area contributed by atoms with Crippen molar-refractivity contribution in [2.24, 2.45) is 5.92 Å². The SMILES string of the molecule is CC(C)CCN(c1ccc(CO)cc1Cl)C1CC1. The maximum Gasteiger partial charge on any atom is 0.0682 e. The molecule has 0 radical (unpaired) electrons. The van der Waals surface area contributed by atoms with Gasteiger partial charge in [-0.2, -0.15) is 0 Å². The summed E-state index contributed by atoms with van der Waals surface area (Å²) in [5.74, 6) is 0.710. The number of halogens is 1. The molecule has 0 bridgehead atoms. The molecule has 0 aliphatic heterocycles. The number of anilines is 1. The molecule has 0 aromatic heterocycles. The van der Waals surface area contributed by atoms with Crippen LogP contribution in [0.1, 0.15) is 38.7 Å². The highest BCUT2D eigenvalue weighted by atomic mass is 35.5. The fraction of sp³-hybridized carbons (Fsp3) is 0.600. The quantitative estimate of drug-likeness (QED) is 0.846. The molecule has 1 aromatic rings. The van der Waals surface area contributed by atoms with E-state index in [1.807, 2.05) is 18.2 Å². The average molecular weight is 268 g/mol. The summed E-state index contributed by atoms with van der Waals surface area (Å²) < 4.78 is 0. The monoisotopic (exact) mass is 267 g/mol. The summed E-state index contributed by atoms with van der Waals surface area (Å²) in [5, 5.41) is 9.88. The minimum Gasteiger partial charge on any atom is -0.392 e. The Morgan fingerprint density at radius 2 is 2.11 bits per heavy atom. The van der Waals surface area contributed by atoms with E-state index in [1.54, 1.807) is 0 Å². The molecule has 2 rings (SSSR count). The van der Waals surface area contributed by atoms with Crippen molar-refractivity contribution in [3.05, 3.63) is 28.8 Å². The smallest absolute Gasteiger partial charge is 0.0682 e. The third-order valence-corrected chi connectivity index (χ3v) is 3.74. The van der Waals surface area contributed by atoms with Crippen molar-refractivity contribution in [3.8, 4) is 0 Å². The predicted octanol–water partition coefficient (Wildman–Crippen LogP) is 3.85. The van der Waals surface area contributed by atoms with Crippen molar-refractivity contribution in [1.82, 2.24) is 0 Å². The zero-order valence-electron chi connectivity index (χ0n) is 11.2. The zero-order valence-corrected chi connectivity index (χ0v) is 12.0. The van der Waals surface area contributed by atoms with Crippen molar-refractivity contribution < 1.29 is 5.11 Å². The van der Waals surface area contributed by atoms with Gasteiger partial charge in [0, 0.05) is 12.6 Å². The number of hydrogen-bond donors (Lipinski definition) is 1. The molecule has 0 unspecified atom stereocenters. The maximum absolute atomic E-state index is 9.12. The highest BCUT2D eigenvalue weighted by Crippen LogP contribution is 2.36. The van der Waals surface area contributed by atoms with E-state index in [9.17, 15) is 0 Å². The molecule has 2 nitrogen and oxygen atoms in total. The lowest BCUT2D eigenvalue weighted by Crippen LogP contribution is -2.28. The number of aliphatic hydroxyl groups is 1. The summed E-state index contributed by atoms with van der Waals surface area (Å²) in [6.07, 6.45) is 3.74. The molecule has 1 aromatic carbocycles. The predicted molar refractivity (Wildman–Crippen MR) is 77.2 cm³/mol. The number of aliphatic hydroxyl groups excluding tert-OH is 1. The van der Waals surface area contributed by atoms with Gasteiger partial charge in [-0.3, -0.25) is 0 Å². The Kier molecular flexibility index (Phi) is 4.52. The first kappa shape index (κ1) is 13.7. The van der Waals surface area contributed by atoms with Gasteiger partial charge < -0.3 is 10.0 Å². The first-order valence-electron chi connectivity index (χ1n) is 6.77. The summed E-state index contributed by atoms with van der Waals surface area (Å²) >= 11 is 6.34. The average Bonchev–Trinajstić information content (AvgIpc) is 3.15. The van der Waals surface area contributed by atoms with Crippen LogP contribution in [0.4, 0.5) is 5.69 Å². The largest absolute Gasteiger partial charge is 0.392 e. The molecule has 0 heterocycles. The lowest BCUT2D eigenvalue weighted by molar-refractivity contribution is 0.282. The second-order valence-electron chi connectivity index (χ2n) is 5.55. The van der Waals surface area contributed by atoms with Crippen LogP contribution in [0.15, 0.2) is 18.2 Å². The Bertz CT molecular complexity index is 401. The molecule has 1 saturated carbocycles. The first-order chi connectivity index (χ1) is 8.61. The van der Waals surface area contributed by atoms with Gasteiger partial charge in [-0.25, -0.2) is 0 Å². The second kappa shape index (κ2) is 5.94. The molecule has 1 aliphatic rings. The Hall–Kier alpha value is -0.730. The van der Waals surface area contributed by atoms with Crippen LogP contribution < -0.4 is 4.90 Å². The van der Waals surface area contributed by atoms with Crippen LogP contribution in [0.2, 0.25) is 5.02 Å². The van der Waals surface area contributed by atoms with Crippen LogP contribution >= 0.6 is 11.6 Å². The number of benzene rings is 1. The van der Waals surface area contributed by atoms with Crippen molar-refractivity contribution in [2.45, 2.75) is 45.8 Å². The van der Waals surface area contributed by atoms with Crippen LogP contribution in [-0.2, 0) is 6.61 Å². The molecular formula is C15H22ClNO. The highest BCUT2D eigenvalue weighted by molar-refractivity contribution is 6.33. The molecule has 0 spiro atoms. The summed E-state index contributed by atoms with van der Waals surface area (Å²) in [4.78, 5) is 2.43. The Balaban J connectivity index is 2.14. The van der Waals surface area contributed by atoms with Crippen LogP contribution in [-0.4, -0.2) is 17.7 Å². The molecular weight excluding hydrogens is 246 g/mol. The summed E-state index contributed by atoms with van der Waals surface area (Å²) in [7, 11) is 0. The van der Waals surface area contributed by atoms with Gasteiger partial charge in [-0.05, 0) is 42.9 Å². The van der Waals surface area contributed by atoms with Crippen molar-refractivity contribution in [1.29, 1.82) is 0 Å². The van der Waals surface area contributed by atoms with Gasteiger partial charge in [0.15, 0.2) is 0 Å². The molecule has 18 heavy (non-hydrogen) atoms. The van der Waals surface area contributed by atoms with Gasteiger partial charge >= 0.3 is 0 Å². The minimum absolute atomic E-state index is 0.0510. The third kappa shape index (κ3) is 3.39. The lowest BCUT2D eigenvalue weighted by atomic mass is 10.1. The van der Waals surface area contributed by atoms with Gasteiger partial charge in [0.05, 0.1) is 17.3 Å². The highest BCUT2D eigenvalue weighted by Gasteiger charge is 2.30. The lowest BCUT2D eigenvalue weighted by Gasteiger charge is -2.26. The molecule has 1 N–H and O–H groups in total. The first-order valence-corrected chi connectivity index (χ1v) is 7.15. The second-order valence-corrected chi connectivity index (χ2v) is 5.96. The maximum atomic E-state index is 9.12. The number of nitrogens with zero attached hydrogens (tertiary/aromatic N) is 1. The molecule has 1 aliphatic carbocycles. The zero-order chi connectivity index (χ0) is 13.1. The minimum atomic E-state index is 0.0510.